The Hall–Kier alpha value is -2.10. The fourth-order valence-electron chi connectivity index (χ4n) is 1.91. The molecule has 2 aromatic rings. The van der Waals surface area contributed by atoms with E-state index in [1.54, 1.807) is 24.3 Å². The van der Waals surface area contributed by atoms with E-state index in [0.717, 1.165) is 15.3 Å². The number of ether oxygens (including phenoxy) is 1. The van der Waals surface area contributed by atoms with Gasteiger partial charge in [0.1, 0.15) is 12.4 Å². The number of hydrogen-bond acceptors (Lipinski definition) is 5. The Bertz CT molecular complexity index is 948. The van der Waals surface area contributed by atoms with Crippen molar-refractivity contribution in [1.82, 2.24) is 13.9 Å². The van der Waals surface area contributed by atoms with Gasteiger partial charge in [-0.3, -0.25) is 9.36 Å². The molecule has 10 heteroatoms. The Morgan fingerprint density at radius 1 is 1.17 bits per heavy atom. The van der Waals surface area contributed by atoms with Crippen molar-refractivity contribution in [2.45, 2.75) is 4.90 Å². The summed E-state index contributed by atoms with van der Waals surface area (Å²) in [6.07, 6.45) is 0.993. The van der Waals surface area contributed by atoms with Crippen LogP contribution < -0.4 is 20.7 Å². The van der Waals surface area contributed by atoms with Crippen molar-refractivity contribution in [3.05, 3.63) is 56.3 Å². The molecule has 2 rings (SSSR count). The quantitative estimate of drug-likeness (QED) is 0.724. The maximum absolute atomic E-state index is 12.2. The molecular weight excluding hydrogens is 358 g/mol. The summed E-state index contributed by atoms with van der Waals surface area (Å²) in [7, 11) is -1.48. The number of aryl methyl sites for hydroxylation is 1. The SMILES string of the molecule is Cn1cc(S(=O)(=O)NCCOc2ccc(Cl)cc2)c(=O)n(C)c1=O. The summed E-state index contributed by atoms with van der Waals surface area (Å²) in [6, 6.07) is 6.60. The van der Waals surface area contributed by atoms with Gasteiger partial charge >= 0.3 is 5.69 Å². The van der Waals surface area contributed by atoms with Crippen LogP contribution in [0.25, 0.3) is 0 Å². The number of benzene rings is 1. The standard InChI is InChI=1S/C14H16ClN3O5S/c1-17-9-12(13(19)18(2)14(17)20)24(21,22)16-7-8-23-11-5-3-10(15)4-6-11/h3-6,9,16H,7-8H2,1-2H3. The van der Waals surface area contributed by atoms with Crippen molar-refractivity contribution in [3.63, 3.8) is 0 Å². The molecule has 0 bridgehead atoms. The van der Waals surface area contributed by atoms with Gasteiger partial charge in [0.05, 0.1) is 0 Å². The lowest BCUT2D eigenvalue weighted by Crippen LogP contribution is -2.42. The predicted molar refractivity (Wildman–Crippen MR) is 89.1 cm³/mol. The molecule has 1 N–H and O–H groups in total. The fourth-order valence-corrected chi connectivity index (χ4v) is 3.21. The van der Waals surface area contributed by atoms with Crippen LogP contribution in [0, 0.1) is 0 Å². The number of sulfonamides is 1. The maximum Gasteiger partial charge on any atom is 0.330 e. The smallest absolute Gasteiger partial charge is 0.330 e. The fraction of sp³-hybridized carbons (Fsp3) is 0.286. The van der Waals surface area contributed by atoms with Crippen LogP contribution in [0.4, 0.5) is 0 Å². The van der Waals surface area contributed by atoms with Crippen LogP contribution in [0.1, 0.15) is 0 Å². The highest BCUT2D eigenvalue weighted by molar-refractivity contribution is 7.89. The summed E-state index contributed by atoms with van der Waals surface area (Å²) in [5.74, 6) is 0.539. The van der Waals surface area contributed by atoms with Gasteiger partial charge < -0.3 is 9.30 Å². The number of rotatable bonds is 6. The van der Waals surface area contributed by atoms with Gasteiger partial charge in [0, 0.05) is 31.9 Å². The molecule has 0 amide bonds. The third kappa shape index (κ3) is 4.05. The van der Waals surface area contributed by atoms with Crippen LogP contribution in [-0.2, 0) is 24.1 Å². The molecule has 0 fully saturated rings. The van der Waals surface area contributed by atoms with E-state index in [1.165, 1.54) is 14.1 Å². The Morgan fingerprint density at radius 3 is 2.42 bits per heavy atom. The van der Waals surface area contributed by atoms with Gasteiger partial charge in [-0.1, -0.05) is 11.6 Å². The summed E-state index contributed by atoms with van der Waals surface area (Å²) in [5, 5.41) is 0.564. The minimum atomic E-state index is -4.06. The zero-order valence-corrected chi connectivity index (χ0v) is 14.6. The molecule has 0 aliphatic carbocycles. The van der Waals surface area contributed by atoms with E-state index < -0.39 is 26.2 Å². The van der Waals surface area contributed by atoms with Gasteiger partial charge in [-0.25, -0.2) is 17.9 Å². The molecule has 0 aliphatic heterocycles. The molecule has 0 radical (unpaired) electrons. The molecule has 0 spiro atoms. The highest BCUT2D eigenvalue weighted by atomic mass is 35.5. The van der Waals surface area contributed by atoms with Gasteiger partial charge in [0.15, 0.2) is 4.90 Å². The second-order valence-corrected chi connectivity index (χ2v) is 7.12. The van der Waals surface area contributed by atoms with Crippen molar-refractivity contribution in [3.8, 4) is 5.75 Å². The molecule has 0 unspecified atom stereocenters. The Morgan fingerprint density at radius 2 is 1.79 bits per heavy atom. The predicted octanol–water partition coefficient (Wildman–Crippen LogP) is 0.0947. The summed E-state index contributed by atoms with van der Waals surface area (Å²) >= 11 is 5.75. The molecule has 1 aromatic heterocycles. The summed E-state index contributed by atoms with van der Waals surface area (Å²) in [6.45, 7) is 0.0178. The molecule has 0 atom stereocenters. The van der Waals surface area contributed by atoms with Gasteiger partial charge in [0.25, 0.3) is 5.56 Å². The number of hydrogen-bond donors (Lipinski definition) is 1. The molecule has 1 aromatic carbocycles. The van der Waals surface area contributed by atoms with Crippen LogP contribution in [0.15, 0.2) is 44.9 Å². The van der Waals surface area contributed by atoms with Crippen LogP contribution in [0.5, 0.6) is 5.75 Å². The van der Waals surface area contributed by atoms with Gasteiger partial charge in [-0.2, -0.15) is 0 Å². The first-order valence-corrected chi connectivity index (χ1v) is 8.73. The monoisotopic (exact) mass is 373 g/mol. The van der Waals surface area contributed by atoms with E-state index >= 15 is 0 Å². The van der Waals surface area contributed by atoms with Gasteiger partial charge in [0.2, 0.25) is 10.0 Å². The third-order valence-electron chi connectivity index (χ3n) is 3.18. The van der Waals surface area contributed by atoms with E-state index in [1.807, 2.05) is 0 Å². The lowest BCUT2D eigenvalue weighted by molar-refractivity contribution is 0.323. The Kier molecular flexibility index (Phi) is 5.47. The number of aromatic nitrogens is 2. The third-order valence-corrected chi connectivity index (χ3v) is 4.88. The average Bonchev–Trinajstić information content (AvgIpc) is 2.54. The summed E-state index contributed by atoms with van der Waals surface area (Å²) in [4.78, 5) is 23.1. The van der Waals surface area contributed by atoms with E-state index in [9.17, 15) is 18.0 Å². The molecule has 8 nitrogen and oxygen atoms in total. The van der Waals surface area contributed by atoms with Crippen molar-refractivity contribution in [1.29, 1.82) is 0 Å². The first-order valence-electron chi connectivity index (χ1n) is 6.87. The van der Waals surface area contributed by atoms with E-state index in [4.69, 9.17) is 16.3 Å². The molecule has 0 saturated carbocycles. The second kappa shape index (κ2) is 7.20. The van der Waals surface area contributed by atoms with Crippen LogP contribution >= 0.6 is 11.6 Å². The minimum Gasteiger partial charge on any atom is -0.492 e. The molecule has 0 saturated heterocycles. The van der Waals surface area contributed by atoms with Gasteiger partial charge in [-0.15, -0.1) is 0 Å². The highest BCUT2D eigenvalue weighted by Crippen LogP contribution is 2.15. The number of nitrogens with one attached hydrogen (secondary N) is 1. The molecule has 130 valence electrons. The maximum atomic E-state index is 12.2. The zero-order valence-electron chi connectivity index (χ0n) is 13.0. The summed E-state index contributed by atoms with van der Waals surface area (Å²) in [5.41, 5.74) is -1.49. The summed E-state index contributed by atoms with van der Waals surface area (Å²) < 4.78 is 33.8. The lowest BCUT2D eigenvalue weighted by atomic mass is 10.3. The van der Waals surface area contributed by atoms with Crippen LogP contribution in [-0.4, -0.2) is 30.7 Å². The van der Waals surface area contributed by atoms with Crippen LogP contribution in [0.3, 0.4) is 0 Å². The van der Waals surface area contributed by atoms with Crippen LogP contribution in [0.2, 0.25) is 5.02 Å². The van der Waals surface area contributed by atoms with Crippen molar-refractivity contribution in [2.75, 3.05) is 13.2 Å². The second-order valence-electron chi connectivity index (χ2n) is 4.95. The zero-order chi connectivity index (χ0) is 17.9. The Balaban J connectivity index is 2.06. The van der Waals surface area contributed by atoms with E-state index in [2.05, 4.69) is 4.72 Å². The van der Waals surface area contributed by atoms with E-state index in [-0.39, 0.29) is 13.2 Å². The Labute approximate surface area is 143 Å². The minimum absolute atomic E-state index is 0.0447. The molecule has 0 aliphatic rings. The topological polar surface area (TPSA) is 99.4 Å². The number of halogens is 1. The molecule has 1 heterocycles. The normalized spacial score (nSPS) is 11.5. The largest absolute Gasteiger partial charge is 0.492 e. The lowest BCUT2D eigenvalue weighted by Gasteiger charge is -2.10. The van der Waals surface area contributed by atoms with E-state index in [0.29, 0.717) is 10.8 Å². The molecule has 24 heavy (non-hydrogen) atoms. The van der Waals surface area contributed by atoms with Crippen molar-refractivity contribution < 1.29 is 13.2 Å². The first kappa shape index (κ1) is 18.2. The van der Waals surface area contributed by atoms with Gasteiger partial charge in [-0.05, 0) is 24.3 Å². The van der Waals surface area contributed by atoms with Crippen molar-refractivity contribution in [2.24, 2.45) is 14.1 Å². The highest BCUT2D eigenvalue weighted by Gasteiger charge is 2.20. The molecular formula is C14H16ClN3O5S. The number of nitrogens with zero attached hydrogens (tertiary/aromatic N) is 2. The first-order chi connectivity index (χ1) is 11.2. The van der Waals surface area contributed by atoms with Crippen molar-refractivity contribution >= 4 is 21.6 Å². The average molecular weight is 374 g/mol.